The van der Waals surface area contributed by atoms with E-state index in [2.05, 4.69) is 5.32 Å². The molecule has 0 bridgehead atoms. The molecule has 0 heterocycles. The molecule has 196 valence electrons. The minimum Gasteiger partial charge on any atom is -0.495 e. The van der Waals surface area contributed by atoms with Crippen molar-refractivity contribution in [1.82, 2.24) is 10.2 Å². The predicted molar refractivity (Wildman–Crippen MR) is 136 cm³/mol. The fourth-order valence-corrected chi connectivity index (χ4v) is 4.51. The maximum atomic E-state index is 13.7. The molecular weight excluding hydrogens is 488 g/mol. The van der Waals surface area contributed by atoms with Gasteiger partial charge in [0, 0.05) is 24.7 Å². The molecule has 1 N–H and O–H groups in total. The van der Waals surface area contributed by atoms with Crippen LogP contribution in [0, 0.1) is 10.1 Å². The van der Waals surface area contributed by atoms with Crippen molar-refractivity contribution in [2.24, 2.45) is 0 Å². The fourth-order valence-electron chi connectivity index (χ4n) is 3.66. The van der Waals surface area contributed by atoms with E-state index in [0.717, 1.165) is 22.2 Å². The number of amides is 2. The number of ether oxygens (including phenoxy) is 1. The van der Waals surface area contributed by atoms with Crippen molar-refractivity contribution in [2.45, 2.75) is 45.8 Å². The van der Waals surface area contributed by atoms with Gasteiger partial charge in [-0.1, -0.05) is 37.3 Å². The van der Waals surface area contributed by atoms with Gasteiger partial charge in [-0.15, -0.1) is 0 Å². The van der Waals surface area contributed by atoms with E-state index in [1.807, 2.05) is 6.07 Å². The highest BCUT2D eigenvalue weighted by atomic mass is 32.2. The minimum atomic E-state index is -4.08. The Labute approximate surface area is 211 Å². The van der Waals surface area contributed by atoms with Crippen molar-refractivity contribution in [3.63, 3.8) is 0 Å². The molecule has 12 heteroatoms. The molecule has 0 aliphatic carbocycles. The monoisotopic (exact) mass is 520 g/mol. The van der Waals surface area contributed by atoms with Crippen molar-refractivity contribution in [1.29, 1.82) is 0 Å². The number of carbonyl (C=O) groups is 2. The van der Waals surface area contributed by atoms with Crippen LogP contribution in [0.2, 0.25) is 0 Å². The minimum absolute atomic E-state index is 0.0398. The topological polar surface area (TPSA) is 139 Å². The van der Waals surface area contributed by atoms with E-state index < -0.39 is 33.4 Å². The lowest BCUT2D eigenvalue weighted by molar-refractivity contribution is -0.384. The average molecular weight is 521 g/mol. The summed E-state index contributed by atoms with van der Waals surface area (Å²) in [5, 5.41) is 14.1. The van der Waals surface area contributed by atoms with Gasteiger partial charge >= 0.3 is 0 Å². The predicted octanol–water partition coefficient (Wildman–Crippen LogP) is 2.70. The van der Waals surface area contributed by atoms with Gasteiger partial charge in [0.15, 0.2) is 0 Å². The third kappa shape index (κ3) is 7.41. The number of nitrogens with zero attached hydrogens (tertiary/aromatic N) is 3. The maximum absolute atomic E-state index is 13.7. The van der Waals surface area contributed by atoms with Crippen LogP contribution in [0.5, 0.6) is 5.75 Å². The lowest BCUT2D eigenvalue weighted by atomic mass is 10.1. The molecule has 0 radical (unpaired) electrons. The molecule has 2 aromatic rings. The number of hydrogen-bond donors (Lipinski definition) is 1. The van der Waals surface area contributed by atoms with Crippen LogP contribution in [0.25, 0.3) is 0 Å². The molecular formula is C24H32N4O7S. The quantitative estimate of drug-likeness (QED) is 0.335. The normalized spacial score (nSPS) is 12.1. The van der Waals surface area contributed by atoms with E-state index in [-0.39, 0.29) is 42.0 Å². The average Bonchev–Trinajstić information content (AvgIpc) is 2.81. The Balaban J connectivity index is 2.54. The largest absolute Gasteiger partial charge is 0.495 e. The van der Waals surface area contributed by atoms with E-state index >= 15 is 0 Å². The van der Waals surface area contributed by atoms with Crippen LogP contribution in [0.1, 0.15) is 32.8 Å². The Bertz CT molecular complexity index is 1190. The van der Waals surface area contributed by atoms with Gasteiger partial charge < -0.3 is 15.0 Å². The van der Waals surface area contributed by atoms with E-state index in [9.17, 15) is 28.1 Å². The van der Waals surface area contributed by atoms with E-state index in [4.69, 9.17) is 4.74 Å². The number of nitrogens with one attached hydrogen (secondary N) is 1. The fraction of sp³-hybridized carbons (Fsp3) is 0.417. The second-order valence-corrected chi connectivity index (χ2v) is 10.4. The summed E-state index contributed by atoms with van der Waals surface area (Å²) < 4.78 is 31.5. The molecule has 11 nitrogen and oxygen atoms in total. The molecule has 2 rings (SSSR count). The first kappa shape index (κ1) is 28.6. The number of sulfonamides is 1. The van der Waals surface area contributed by atoms with Crippen molar-refractivity contribution >= 4 is 33.2 Å². The lowest BCUT2D eigenvalue weighted by Gasteiger charge is -2.33. The van der Waals surface area contributed by atoms with Gasteiger partial charge in [-0.05, 0) is 31.9 Å². The van der Waals surface area contributed by atoms with E-state index in [0.29, 0.717) is 0 Å². The molecule has 36 heavy (non-hydrogen) atoms. The Morgan fingerprint density at radius 2 is 1.78 bits per heavy atom. The van der Waals surface area contributed by atoms with Gasteiger partial charge in [0.2, 0.25) is 21.8 Å². The zero-order valence-electron chi connectivity index (χ0n) is 21.0. The standard InChI is InChI=1S/C24H32N4O7S/c1-6-20(24(30)25-17(2)3)26(15-18-10-8-7-9-11-18)23(29)16-27(36(5,33)34)21-14-19(28(31)32)12-13-22(21)35-4/h7-14,17,20H,6,15-16H2,1-5H3,(H,25,30). The van der Waals surface area contributed by atoms with Gasteiger partial charge in [0.05, 0.1) is 18.3 Å². The van der Waals surface area contributed by atoms with Gasteiger partial charge in [-0.2, -0.15) is 0 Å². The summed E-state index contributed by atoms with van der Waals surface area (Å²) in [5.41, 5.74) is 0.234. The Morgan fingerprint density at radius 3 is 2.28 bits per heavy atom. The number of benzene rings is 2. The van der Waals surface area contributed by atoms with Crippen LogP contribution < -0.4 is 14.4 Å². The number of anilines is 1. The molecule has 0 aliphatic heterocycles. The summed E-state index contributed by atoms with van der Waals surface area (Å²) in [6, 6.07) is 11.5. The lowest BCUT2D eigenvalue weighted by Crippen LogP contribution is -2.53. The first-order valence-corrected chi connectivity index (χ1v) is 13.2. The summed E-state index contributed by atoms with van der Waals surface area (Å²) in [7, 11) is -2.79. The van der Waals surface area contributed by atoms with Crippen LogP contribution >= 0.6 is 0 Å². The molecule has 1 atom stereocenters. The highest BCUT2D eigenvalue weighted by molar-refractivity contribution is 7.92. The van der Waals surface area contributed by atoms with Crippen LogP contribution in [-0.4, -0.2) is 62.0 Å². The zero-order valence-corrected chi connectivity index (χ0v) is 21.8. The number of non-ortho nitro benzene ring substituents is 1. The summed E-state index contributed by atoms with van der Waals surface area (Å²) in [5.74, 6) is -0.975. The van der Waals surface area contributed by atoms with Crippen LogP contribution in [0.3, 0.4) is 0 Å². The highest BCUT2D eigenvalue weighted by Crippen LogP contribution is 2.34. The van der Waals surface area contributed by atoms with Gasteiger partial charge in [-0.25, -0.2) is 8.42 Å². The molecule has 0 fully saturated rings. The van der Waals surface area contributed by atoms with Gasteiger partial charge in [-0.3, -0.25) is 24.0 Å². The third-order valence-corrected chi connectivity index (χ3v) is 6.46. The molecule has 1 unspecified atom stereocenters. The first-order valence-electron chi connectivity index (χ1n) is 11.3. The second kappa shape index (κ2) is 12.3. The van der Waals surface area contributed by atoms with Gasteiger partial charge in [0.25, 0.3) is 5.69 Å². The third-order valence-electron chi connectivity index (χ3n) is 5.33. The Kier molecular flexibility index (Phi) is 9.79. The van der Waals surface area contributed by atoms with Crippen molar-refractivity contribution in [3.05, 3.63) is 64.2 Å². The number of nitro benzene ring substituents is 1. The molecule has 2 amide bonds. The van der Waals surface area contributed by atoms with Crippen molar-refractivity contribution in [3.8, 4) is 5.75 Å². The van der Waals surface area contributed by atoms with Gasteiger partial charge in [0.1, 0.15) is 24.0 Å². The number of methoxy groups -OCH3 is 1. The number of hydrogen-bond acceptors (Lipinski definition) is 7. The van der Waals surface area contributed by atoms with Crippen LogP contribution in [-0.2, 0) is 26.2 Å². The molecule has 0 aromatic heterocycles. The zero-order chi connectivity index (χ0) is 27.0. The highest BCUT2D eigenvalue weighted by Gasteiger charge is 2.33. The summed E-state index contributed by atoms with van der Waals surface area (Å²) in [6.07, 6.45) is 1.18. The summed E-state index contributed by atoms with van der Waals surface area (Å²) in [6.45, 7) is 4.73. The maximum Gasteiger partial charge on any atom is 0.271 e. The summed E-state index contributed by atoms with van der Waals surface area (Å²) in [4.78, 5) is 38.6. The second-order valence-electron chi connectivity index (χ2n) is 8.48. The molecule has 0 spiro atoms. The van der Waals surface area contributed by atoms with E-state index in [1.165, 1.54) is 24.1 Å². The summed E-state index contributed by atoms with van der Waals surface area (Å²) >= 11 is 0. The number of nitro groups is 1. The van der Waals surface area contributed by atoms with Crippen molar-refractivity contribution in [2.75, 3.05) is 24.2 Å². The first-order chi connectivity index (χ1) is 16.9. The molecule has 0 saturated carbocycles. The van der Waals surface area contributed by atoms with Crippen LogP contribution in [0.15, 0.2) is 48.5 Å². The SMILES string of the molecule is CCC(C(=O)NC(C)C)N(Cc1ccccc1)C(=O)CN(c1cc([N+](=O)[O-])ccc1OC)S(C)(=O)=O. The van der Waals surface area contributed by atoms with E-state index in [1.54, 1.807) is 45.0 Å². The van der Waals surface area contributed by atoms with Crippen LogP contribution in [0.4, 0.5) is 11.4 Å². The molecule has 0 saturated heterocycles. The Hall–Kier alpha value is -3.67. The number of carbonyl (C=O) groups excluding carboxylic acids is 2. The van der Waals surface area contributed by atoms with Crippen molar-refractivity contribution < 1.29 is 27.7 Å². The smallest absolute Gasteiger partial charge is 0.271 e. The Morgan fingerprint density at radius 1 is 1.14 bits per heavy atom. The molecule has 2 aromatic carbocycles. The molecule has 0 aliphatic rings. The number of rotatable bonds is 12.